The smallest absolute Gasteiger partial charge is 0.0568 e. The van der Waals surface area contributed by atoms with Crippen molar-refractivity contribution in [2.45, 2.75) is 0 Å². The summed E-state index contributed by atoms with van der Waals surface area (Å²) in [5.41, 5.74) is 9.67. The second kappa shape index (κ2) is 8.95. The summed E-state index contributed by atoms with van der Waals surface area (Å²) in [7, 11) is 0. The van der Waals surface area contributed by atoms with Crippen LogP contribution in [0.5, 0.6) is 0 Å². The molecule has 2 heterocycles. The van der Waals surface area contributed by atoms with Crippen molar-refractivity contribution in [3.63, 3.8) is 0 Å². The van der Waals surface area contributed by atoms with Gasteiger partial charge in [-0.05, 0) is 58.8 Å². The SMILES string of the molecule is c1ccc(-c2c3c4ccccc4n(-c4ccccc4)c3cc3c2c2c4ccccc4ccc2n3-c2ccccc2)cc1. The summed E-state index contributed by atoms with van der Waals surface area (Å²) in [6.45, 7) is 0. The lowest BCUT2D eigenvalue weighted by Gasteiger charge is -2.13. The Kier molecular flexibility index (Phi) is 4.93. The fraction of sp³-hybridized carbons (Fsp3) is 0. The molecule has 2 aromatic heterocycles. The molecule has 9 rings (SSSR count). The van der Waals surface area contributed by atoms with E-state index in [1.807, 2.05) is 0 Å². The van der Waals surface area contributed by atoms with Crippen LogP contribution in [0.15, 0.2) is 158 Å². The van der Waals surface area contributed by atoms with E-state index in [4.69, 9.17) is 0 Å². The first-order valence-electron chi connectivity index (χ1n) is 14.5. The molecule has 0 aliphatic carbocycles. The van der Waals surface area contributed by atoms with E-state index in [0.29, 0.717) is 0 Å². The van der Waals surface area contributed by atoms with E-state index in [2.05, 4.69) is 167 Å². The summed E-state index contributed by atoms with van der Waals surface area (Å²) in [6.07, 6.45) is 0. The molecule has 7 aromatic carbocycles. The number of fused-ring (bicyclic) bond motifs is 8. The highest BCUT2D eigenvalue weighted by molar-refractivity contribution is 6.32. The van der Waals surface area contributed by atoms with Gasteiger partial charge < -0.3 is 9.13 Å². The Morgan fingerprint density at radius 2 is 0.881 bits per heavy atom. The lowest BCUT2D eigenvalue weighted by atomic mass is 9.93. The van der Waals surface area contributed by atoms with Gasteiger partial charge in [0.05, 0.1) is 22.1 Å². The zero-order valence-electron chi connectivity index (χ0n) is 22.9. The third-order valence-corrected chi connectivity index (χ3v) is 8.67. The molecule has 0 bridgehead atoms. The van der Waals surface area contributed by atoms with Crippen molar-refractivity contribution in [3.05, 3.63) is 158 Å². The predicted octanol–water partition coefficient (Wildman–Crippen LogP) is 10.7. The maximum absolute atomic E-state index is 2.45. The summed E-state index contributed by atoms with van der Waals surface area (Å²) in [5.74, 6) is 0. The van der Waals surface area contributed by atoms with Crippen LogP contribution in [0.4, 0.5) is 0 Å². The van der Waals surface area contributed by atoms with Crippen molar-refractivity contribution in [3.8, 4) is 22.5 Å². The summed E-state index contributed by atoms with van der Waals surface area (Å²) < 4.78 is 4.89. The molecule has 2 heteroatoms. The summed E-state index contributed by atoms with van der Waals surface area (Å²) in [4.78, 5) is 0. The van der Waals surface area contributed by atoms with E-state index in [1.165, 1.54) is 65.5 Å². The van der Waals surface area contributed by atoms with Gasteiger partial charge in [0.1, 0.15) is 0 Å². The van der Waals surface area contributed by atoms with E-state index in [1.54, 1.807) is 0 Å². The fourth-order valence-corrected chi connectivity index (χ4v) is 6.99. The largest absolute Gasteiger partial charge is 0.309 e. The first-order chi connectivity index (χ1) is 20.9. The Labute approximate surface area is 243 Å². The Morgan fingerprint density at radius 1 is 0.333 bits per heavy atom. The van der Waals surface area contributed by atoms with Gasteiger partial charge in [0, 0.05) is 38.5 Å². The van der Waals surface area contributed by atoms with Crippen LogP contribution >= 0.6 is 0 Å². The highest BCUT2D eigenvalue weighted by atomic mass is 15.0. The minimum absolute atomic E-state index is 1.16. The first-order valence-corrected chi connectivity index (χ1v) is 14.5. The van der Waals surface area contributed by atoms with Crippen molar-refractivity contribution >= 4 is 54.4 Å². The lowest BCUT2D eigenvalue weighted by molar-refractivity contribution is 1.16. The minimum Gasteiger partial charge on any atom is -0.309 e. The second-order valence-corrected chi connectivity index (χ2v) is 10.9. The standard InChI is InChI=1S/C40H26N2/c1-4-15-28(16-5-1)37-39-32-22-12-13-23-33(32)41(29-17-6-2-7-18-29)35(39)26-36-40(37)38-31-21-11-10-14-27(31)24-25-34(38)42(36)30-19-8-3-9-20-30/h1-26H. The van der Waals surface area contributed by atoms with Gasteiger partial charge in [-0.3, -0.25) is 0 Å². The Morgan fingerprint density at radius 3 is 1.60 bits per heavy atom. The maximum Gasteiger partial charge on any atom is 0.0568 e. The van der Waals surface area contributed by atoms with Gasteiger partial charge in [0.2, 0.25) is 0 Å². The first kappa shape index (κ1) is 23.1. The van der Waals surface area contributed by atoms with E-state index in [-0.39, 0.29) is 0 Å². The Bertz CT molecular complexity index is 2430. The van der Waals surface area contributed by atoms with Gasteiger partial charge in [-0.2, -0.15) is 0 Å². The van der Waals surface area contributed by atoms with Crippen molar-refractivity contribution in [2.75, 3.05) is 0 Å². The highest BCUT2D eigenvalue weighted by Crippen LogP contribution is 2.48. The molecule has 0 fully saturated rings. The van der Waals surface area contributed by atoms with E-state index >= 15 is 0 Å². The molecule has 0 spiro atoms. The molecule has 0 unspecified atom stereocenters. The van der Waals surface area contributed by atoms with Crippen LogP contribution in [-0.2, 0) is 0 Å². The molecule has 0 amide bonds. The fourth-order valence-electron chi connectivity index (χ4n) is 6.99. The van der Waals surface area contributed by atoms with Gasteiger partial charge in [-0.15, -0.1) is 0 Å². The quantitative estimate of drug-likeness (QED) is 0.213. The molecule has 0 aliphatic rings. The number of hydrogen-bond donors (Lipinski definition) is 0. The zero-order chi connectivity index (χ0) is 27.6. The number of aromatic nitrogens is 2. The van der Waals surface area contributed by atoms with E-state index in [9.17, 15) is 0 Å². The van der Waals surface area contributed by atoms with Crippen molar-refractivity contribution in [1.29, 1.82) is 0 Å². The second-order valence-electron chi connectivity index (χ2n) is 10.9. The normalized spacial score (nSPS) is 11.8. The molecule has 0 atom stereocenters. The van der Waals surface area contributed by atoms with Gasteiger partial charge in [-0.1, -0.05) is 115 Å². The monoisotopic (exact) mass is 534 g/mol. The molecule has 0 saturated heterocycles. The van der Waals surface area contributed by atoms with Crippen molar-refractivity contribution < 1.29 is 0 Å². The van der Waals surface area contributed by atoms with Crippen LogP contribution in [0.1, 0.15) is 0 Å². The average Bonchev–Trinajstić information content (AvgIpc) is 3.58. The van der Waals surface area contributed by atoms with Crippen molar-refractivity contribution in [2.24, 2.45) is 0 Å². The molecule has 196 valence electrons. The number of rotatable bonds is 3. The van der Waals surface area contributed by atoms with Crippen LogP contribution in [0.3, 0.4) is 0 Å². The highest BCUT2D eigenvalue weighted by Gasteiger charge is 2.24. The molecule has 9 aromatic rings. The van der Waals surface area contributed by atoms with E-state index < -0.39 is 0 Å². The number of para-hydroxylation sites is 3. The molecular weight excluding hydrogens is 508 g/mol. The van der Waals surface area contributed by atoms with E-state index in [0.717, 1.165) is 11.4 Å². The summed E-state index contributed by atoms with van der Waals surface area (Å²) in [6, 6.07) is 57.1. The van der Waals surface area contributed by atoms with Crippen LogP contribution in [0.25, 0.3) is 76.9 Å². The molecule has 42 heavy (non-hydrogen) atoms. The van der Waals surface area contributed by atoms with Crippen LogP contribution < -0.4 is 0 Å². The van der Waals surface area contributed by atoms with Crippen LogP contribution in [-0.4, -0.2) is 9.13 Å². The van der Waals surface area contributed by atoms with Crippen LogP contribution in [0.2, 0.25) is 0 Å². The molecule has 0 N–H and O–H groups in total. The van der Waals surface area contributed by atoms with Crippen molar-refractivity contribution in [1.82, 2.24) is 9.13 Å². The van der Waals surface area contributed by atoms with Crippen LogP contribution in [0, 0.1) is 0 Å². The predicted molar refractivity (Wildman–Crippen MR) is 178 cm³/mol. The third-order valence-electron chi connectivity index (χ3n) is 8.67. The molecular formula is C40H26N2. The summed E-state index contributed by atoms with van der Waals surface area (Å²) in [5, 5.41) is 7.66. The van der Waals surface area contributed by atoms with Gasteiger partial charge in [0.25, 0.3) is 0 Å². The number of hydrogen-bond acceptors (Lipinski definition) is 0. The lowest BCUT2D eigenvalue weighted by Crippen LogP contribution is -1.96. The van der Waals surface area contributed by atoms with Gasteiger partial charge >= 0.3 is 0 Å². The zero-order valence-corrected chi connectivity index (χ0v) is 22.9. The maximum atomic E-state index is 2.45. The molecule has 2 nitrogen and oxygen atoms in total. The Hall–Kier alpha value is -5.60. The number of benzene rings is 7. The molecule has 0 aliphatic heterocycles. The minimum atomic E-state index is 1.16. The third kappa shape index (κ3) is 3.21. The average molecular weight is 535 g/mol. The van der Waals surface area contributed by atoms with Gasteiger partial charge in [0.15, 0.2) is 0 Å². The van der Waals surface area contributed by atoms with Gasteiger partial charge in [-0.25, -0.2) is 0 Å². The molecule has 0 saturated carbocycles. The topological polar surface area (TPSA) is 9.86 Å². The molecule has 0 radical (unpaired) electrons. The summed E-state index contributed by atoms with van der Waals surface area (Å²) >= 11 is 0. The number of nitrogens with zero attached hydrogens (tertiary/aromatic N) is 2. The Balaban J connectivity index is 1.63.